The Morgan fingerprint density at radius 1 is 1.35 bits per heavy atom. The number of nitrogens with zero attached hydrogens (tertiary/aromatic N) is 2. The molecule has 0 unspecified atom stereocenters. The first-order chi connectivity index (χ1) is 12.5. The third kappa shape index (κ3) is 3.73. The largest absolute Gasteiger partial charge is 0.462 e. The van der Waals surface area contributed by atoms with Gasteiger partial charge in [-0.25, -0.2) is 9.78 Å². The number of hydrogen-bond donors (Lipinski definition) is 2. The third-order valence-electron chi connectivity index (χ3n) is 3.75. The second-order valence-electron chi connectivity index (χ2n) is 5.50. The molecule has 0 fully saturated rings. The molecule has 0 aliphatic heterocycles. The molecular formula is C17H18N4O3S2. The molecular weight excluding hydrogens is 372 g/mol. The number of rotatable bonds is 7. The Bertz CT molecular complexity index is 928. The molecule has 0 saturated carbocycles. The van der Waals surface area contributed by atoms with Gasteiger partial charge in [0.25, 0.3) is 0 Å². The number of ketones is 1. The van der Waals surface area contributed by atoms with E-state index in [1.807, 2.05) is 17.5 Å². The lowest BCUT2D eigenvalue weighted by Crippen LogP contribution is -2.08. The zero-order chi connectivity index (χ0) is 18.7. The molecule has 0 radical (unpaired) electrons. The van der Waals surface area contributed by atoms with Crippen LogP contribution in [0.2, 0.25) is 0 Å². The average molecular weight is 390 g/mol. The van der Waals surface area contributed by atoms with E-state index in [0.29, 0.717) is 40.1 Å². The zero-order valence-electron chi connectivity index (χ0n) is 14.6. The van der Waals surface area contributed by atoms with Gasteiger partial charge in [0.05, 0.1) is 28.5 Å². The topological polar surface area (TPSA) is 101 Å². The SMILES string of the molecule is CCOC(=O)c1c(C)[nH]c(C(=O)CSc2n[nH]c(-c3cccs3)n2)c1C. The van der Waals surface area contributed by atoms with E-state index in [2.05, 4.69) is 20.2 Å². The van der Waals surface area contributed by atoms with Gasteiger partial charge in [-0.15, -0.1) is 16.4 Å². The highest BCUT2D eigenvalue weighted by Crippen LogP contribution is 2.25. The lowest BCUT2D eigenvalue weighted by Gasteiger charge is -2.02. The van der Waals surface area contributed by atoms with Gasteiger partial charge in [-0.2, -0.15) is 0 Å². The summed E-state index contributed by atoms with van der Waals surface area (Å²) in [6.07, 6.45) is 0. The number of Topliss-reactive ketones (excluding diaryl/α,β-unsaturated/α-hetero) is 1. The number of aromatic amines is 2. The number of hydrogen-bond acceptors (Lipinski definition) is 7. The minimum atomic E-state index is -0.417. The van der Waals surface area contributed by atoms with Crippen LogP contribution in [0.15, 0.2) is 22.7 Å². The number of esters is 1. The number of thiophene rings is 1. The molecule has 0 aliphatic carbocycles. The highest BCUT2D eigenvalue weighted by molar-refractivity contribution is 7.99. The number of thioether (sulfide) groups is 1. The van der Waals surface area contributed by atoms with Gasteiger partial charge >= 0.3 is 5.97 Å². The second kappa shape index (κ2) is 7.88. The van der Waals surface area contributed by atoms with Gasteiger partial charge in [-0.3, -0.25) is 9.89 Å². The summed E-state index contributed by atoms with van der Waals surface area (Å²) < 4.78 is 5.05. The predicted molar refractivity (Wildman–Crippen MR) is 101 cm³/mol. The van der Waals surface area contributed by atoms with Gasteiger partial charge in [-0.1, -0.05) is 17.8 Å². The fourth-order valence-corrected chi connectivity index (χ4v) is 3.91. The Hall–Kier alpha value is -2.39. The first-order valence-corrected chi connectivity index (χ1v) is 9.86. The number of nitrogens with one attached hydrogen (secondary N) is 2. The van der Waals surface area contributed by atoms with Crippen LogP contribution < -0.4 is 0 Å². The van der Waals surface area contributed by atoms with Crippen molar-refractivity contribution in [3.63, 3.8) is 0 Å². The van der Waals surface area contributed by atoms with Crippen LogP contribution in [0.3, 0.4) is 0 Å². The molecule has 9 heteroatoms. The van der Waals surface area contributed by atoms with Crippen LogP contribution in [0.1, 0.15) is 39.0 Å². The smallest absolute Gasteiger partial charge is 0.340 e. The maximum Gasteiger partial charge on any atom is 0.340 e. The molecule has 3 heterocycles. The van der Waals surface area contributed by atoms with Crippen LogP contribution in [0.4, 0.5) is 0 Å². The van der Waals surface area contributed by atoms with Crippen molar-refractivity contribution >= 4 is 34.9 Å². The van der Waals surface area contributed by atoms with Crippen LogP contribution in [0, 0.1) is 13.8 Å². The first kappa shape index (κ1) is 18.4. The van der Waals surface area contributed by atoms with Crippen LogP contribution in [0.25, 0.3) is 10.7 Å². The Morgan fingerprint density at radius 3 is 2.85 bits per heavy atom. The summed E-state index contributed by atoms with van der Waals surface area (Å²) in [5.74, 6) is 0.324. The van der Waals surface area contributed by atoms with Gasteiger partial charge < -0.3 is 9.72 Å². The molecule has 0 amide bonds. The predicted octanol–water partition coefficient (Wildman–Crippen LogP) is 3.63. The molecule has 0 atom stereocenters. The van der Waals surface area contributed by atoms with Crippen molar-refractivity contribution in [1.82, 2.24) is 20.2 Å². The summed E-state index contributed by atoms with van der Waals surface area (Å²) in [4.78, 5) is 33.0. The highest BCUT2D eigenvalue weighted by Gasteiger charge is 2.23. The van der Waals surface area contributed by atoms with Crippen LogP contribution in [0.5, 0.6) is 0 Å². The molecule has 0 spiro atoms. The molecule has 0 bridgehead atoms. The van der Waals surface area contributed by atoms with Crippen LogP contribution >= 0.6 is 23.1 Å². The molecule has 26 heavy (non-hydrogen) atoms. The van der Waals surface area contributed by atoms with E-state index in [9.17, 15) is 9.59 Å². The van der Waals surface area contributed by atoms with E-state index >= 15 is 0 Å². The fourth-order valence-electron chi connectivity index (χ4n) is 2.58. The molecule has 0 aromatic carbocycles. The maximum atomic E-state index is 12.6. The van der Waals surface area contributed by atoms with Crippen molar-refractivity contribution < 1.29 is 14.3 Å². The molecule has 3 rings (SSSR count). The number of aromatic nitrogens is 4. The third-order valence-corrected chi connectivity index (χ3v) is 5.47. The van der Waals surface area contributed by atoms with E-state index in [1.165, 1.54) is 11.8 Å². The lowest BCUT2D eigenvalue weighted by atomic mass is 10.1. The van der Waals surface area contributed by atoms with Gasteiger partial charge in [-0.05, 0) is 37.8 Å². The molecule has 3 aromatic rings. The monoisotopic (exact) mass is 390 g/mol. The Labute approximate surface area is 158 Å². The summed E-state index contributed by atoms with van der Waals surface area (Å²) in [5, 5.41) is 9.48. The number of ether oxygens (including phenoxy) is 1. The Morgan fingerprint density at radius 2 is 2.15 bits per heavy atom. The zero-order valence-corrected chi connectivity index (χ0v) is 16.2. The number of carbonyl (C=O) groups excluding carboxylic acids is 2. The van der Waals surface area contributed by atoms with Crippen molar-refractivity contribution in [1.29, 1.82) is 0 Å². The van der Waals surface area contributed by atoms with E-state index < -0.39 is 5.97 Å². The van der Waals surface area contributed by atoms with Gasteiger partial charge in [0.2, 0.25) is 5.16 Å². The maximum absolute atomic E-state index is 12.6. The van der Waals surface area contributed by atoms with Gasteiger partial charge in [0.1, 0.15) is 0 Å². The summed E-state index contributed by atoms with van der Waals surface area (Å²) in [6, 6.07) is 3.89. The van der Waals surface area contributed by atoms with Crippen molar-refractivity contribution in [2.24, 2.45) is 0 Å². The summed E-state index contributed by atoms with van der Waals surface area (Å²) >= 11 is 2.81. The minimum Gasteiger partial charge on any atom is -0.462 e. The first-order valence-electron chi connectivity index (χ1n) is 7.99. The fraction of sp³-hybridized carbons (Fsp3) is 0.294. The van der Waals surface area contributed by atoms with E-state index in [0.717, 1.165) is 4.88 Å². The molecule has 0 saturated heterocycles. The molecule has 7 nitrogen and oxygen atoms in total. The quantitative estimate of drug-likeness (QED) is 0.363. The van der Waals surface area contributed by atoms with Crippen molar-refractivity contribution in [3.8, 4) is 10.7 Å². The number of H-pyrrole nitrogens is 2. The minimum absolute atomic E-state index is 0.117. The molecule has 136 valence electrons. The second-order valence-corrected chi connectivity index (χ2v) is 7.39. The molecule has 2 N–H and O–H groups in total. The van der Waals surface area contributed by atoms with Gasteiger partial charge in [0, 0.05) is 5.69 Å². The van der Waals surface area contributed by atoms with Crippen molar-refractivity contribution in [2.45, 2.75) is 25.9 Å². The normalized spacial score (nSPS) is 10.9. The number of carbonyl (C=O) groups is 2. The average Bonchev–Trinajstić information content (AvgIpc) is 3.32. The molecule has 3 aromatic heterocycles. The lowest BCUT2D eigenvalue weighted by molar-refractivity contribution is 0.0525. The Balaban J connectivity index is 1.69. The van der Waals surface area contributed by atoms with E-state index in [1.54, 1.807) is 32.1 Å². The van der Waals surface area contributed by atoms with E-state index in [4.69, 9.17) is 4.74 Å². The standard InChI is InChI=1S/C17H18N4O3S2/c1-4-24-16(23)13-9(2)14(18-10(13)3)11(22)8-26-17-19-15(20-21-17)12-6-5-7-25-12/h5-7,18H,4,8H2,1-3H3,(H,19,20,21). The van der Waals surface area contributed by atoms with E-state index in [-0.39, 0.29) is 11.5 Å². The highest BCUT2D eigenvalue weighted by atomic mass is 32.2. The van der Waals surface area contributed by atoms with Crippen LogP contribution in [-0.2, 0) is 4.74 Å². The molecule has 0 aliphatic rings. The summed E-state index contributed by atoms with van der Waals surface area (Å²) in [6.45, 7) is 5.54. The Kier molecular flexibility index (Phi) is 5.58. The van der Waals surface area contributed by atoms with Crippen LogP contribution in [-0.4, -0.2) is 44.3 Å². The summed E-state index contributed by atoms with van der Waals surface area (Å²) in [5.41, 5.74) is 2.10. The summed E-state index contributed by atoms with van der Waals surface area (Å²) in [7, 11) is 0. The van der Waals surface area contributed by atoms with Crippen molar-refractivity contribution in [3.05, 3.63) is 40.0 Å². The van der Waals surface area contributed by atoms with Gasteiger partial charge in [0.15, 0.2) is 11.6 Å². The number of aryl methyl sites for hydroxylation is 1. The van der Waals surface area contributed by atoms with Crippen molar-refractivity contribution in [2.75, 3.05) is 12.4 Å².